The van der Waals surface area contributed by atoms with Crippen LogP contribution in [0.1, 0.15) is 16.7 Å². The monoisotopic (exact) mass is 505 g/mol. The molecule has 1 atom stereocenters. The number of thioether (sulfide) groups is 1. The third-order valence-corrected chi connectivity index (χ3v) is 7.41. The molecule has 5 aromatic rings. The van der Waals surface area contributed by atoms with E-state index in [1.807, 2.05) is 72.8 Å². The molecule has 1 heterocycles. The third-order valence-electron chi connectivity index (χ3n) is 6.35. The Hall–Kier alpha value is -3.64. The predicted octanol–water partition coefficient (Wildman–Crippen LogP) is 6.52. The van der Waals surface area contributed by atoms with E-state index < -0.39 is 5.60 Å². The summed E-state index contributed by atoms with van der Waals surface area (Å²) < 4.78 is 2.10. The number of aromatic nitrogens is 2. The first-order chi connectivity index (χ1) is 18.2. The van der Waals surface area contributed by atoms with E-state index in [4.69, 9.17) is 4.98 Å². The van der Waals surface area contributed by atoms with Gasteiger partial charge in [-0.05, 0) is 16.7 Å². The summed E-state index contributed by atoms with van der Waals surface area (Å²) in [6.45, 7) is 1.48. The molecule has 0 aliphatic rings. The molecular weight excluding hydrogens is 474 g/mol. The van der Waals surface area contributed by atoms with Crippen LogP contribution in [0.4, 0.5) is 0 Å². The Morgan fingerprint density at radius 1 is 0.730 bits per heavy atom. The quantitative estimate of drug-likeness (QED) is 0.201. The Labute approximate surface area is 223 Å². The van der Waals surface area contributed by atoms with E-state index in [0.29, 0.717) is 19.6 Å². The van der Waals surface area contributed by atoms with E-state index in [9.17, 15) is 5.11 Å². The Morgan fingerprint density at radius 3 is 1.95 bits per heavy atom. The van der Waals surface area contributed by atoms with E-state index in [1.165, 1.54) is 11.1 Å². The lowest BCUT2D eigenvalue weighted by atomic mass is 9.93. The van der Waals surface area contributed by atoms with Crippen molar-refractivity contribution in [2.45, 2.75) is 29.6 Å². The molecule has 37 heavy (non-hydrogen) atoms. The van der Waals surface area contributed by atoms with Crippen LogP contribution < -0.4 is 5.32 Å². The molecule has 0 aliphatic heterocycles. The Bertz CT molecular complexity index is 1380. The van der Waals surface area contributed by atoms with E-state index in [-0.39, 0.29) is 0 Å². The van der Waals surface area contributed by atoms with Gasteiger partial charge in [-0.1, -0.05) is 133 Å². The number of nitrogens with one attached hydrogen (secondary N) is 1. The fourth-order valence-corrected chi connectivity index (χ4v) is 5.32. The number of aliphatic hydroxyl groups is 1. The molecular formula is C32H31N3OS. The highest BCUT2D eigenvalue weighted by Crippen LogP contribution is 2.31. The van der Waals surface area contributed by atoms with Gasteiger partial charge in [0, 0.05) is 30.6 Å². The molecule has 1 aromatic heterocycles. The van der Waals surface area contributed by atoms with Gasteiger partial charge < -0.3 is 15.0 Å². The summed E-state index contributed by atoms with van der Waals surface area (Å²) in [5, 5.41) is 16.5. The zero-order chi connectivity index (χ0) is 25.3. The average Bonchev–Trinajstić information content (AvgIpc) is 3.36. The molecule has 0 bridgehead atoms. The van der Waals surface area contributed by atoms with Crippen LogP contribution >= 0.6 is 11.8 Å². The van der Waals surface area contributed by atoms with Crippen LogP contribution in [0.15, 0.2) is 133 Å². The maximum atomic E-state index is 12.1. The minimum absolute atomic E-state index is 0.385. The maximum Gasteiger partial charge on any atom is 0.169 e. The standard InChI is InChI=1S/C32H31N3OS/c36-32(29-19-11-4-12-20-29,24-33-21-26-13-5-1-6-14-26)25-35-22-30(28-17-9-3-10-18-28)34-31(35)37-23-27-15-7-2-8-16-27/h1-20,22,33,36H,21,23-25H2. The van der Waals surface area contributed by atoms with Crippen molar-refractivity contribution in [1.82, 2.24) is 14.9 Å². The number of benzene rings is 4. The molecule has 0 saturated heterocycles. The zero-order valence-electron chi connectivity index (χ0n) is 20.7. The molecule has 0 radical (unpaired) electrons. The van der Waals surface area contributed by atoms with Crippen molar-refractivity contribution < 1.29 is 5.11 Å². The van der Waals surface area contributed by atoms with Gasteiger partial charge in [-0.25, -0.2) is 4.98 Å². The Kier molecular flexibility index (Phi) is 8.16. The van der Waals surface area contributed by atoms with Gasteiger partial charge in [-0.15, -0.1) is 0 Å². The molecule has 4 aromatic carbocycles. The van der Waals surface area contributed by atoms with E-state index in [0.717, 1.165) is 27.7 Å². The van der Waals surface area contributed by atoms with Crippen LogP contribution in [-0.4, -0.2) is 21.2 Å². The lowest BCUT2D eigenvalue weighted by Crippen LogP contribution is -2.41. The van der Waals surface area contributed by atoms with Crippen molar-refractivity contribution in [2.24, 2.45) is 0 Å². The van der Waals surface area contributed by atoms with Crippen molar-refractivity contribution in [1.29, 1.82) is 0 Å². The van der Waals surface area contributed by atoms with Gasteiger partial charge in [0.15, 0.2) is 5.16 Å². The second-order valence-corrected chi connectivity index (χ2v) is 10.1. The summed E-state index contributed by atoms with van der Waals surface area (Å²) in [6, 6.07) is 40.8. The smallest absolute Gasteiger partial charge is 0.169 e. The summed E-state index contributed by atoms with van der Waals surface area (Å²) in [5.41, 5.74) is 4.16. The first-order valence-electron chi connectivity index (χ1n) is 12.5. The van der Waals surface area contributed by atoms with Crippen molar-refractivity contribution in [3.63, 3.8) is 0 Å². The Morgan fingerprint density at radius 2 is 1.30 bits per heavy atom. The molecule has 5 rings (SSSR count). The minimum atomic E-state index is -1.12. The van der Waals surface area contributed by atoms with Crippen LogP contribution in [0.25, 0.3) is 11.3 Å². The summed E-state index contributed by atoms with van der Waals surface area (Å²) in [4.78, 5) is 5.00. The number of nitrogens with zero attached hydrogens (tertiary/aromatic N) is 2. The van der Waals surface area contributed by atoms with E-state index in [1.54, 1.807) is 11.8 Å². The van der Waals surface area contributed by atoms with Crippen molar-refractivity contribution >= 4 is 11.8 Å². The normalized spacial score (nSPS) is 12.8. The second-order valence-electron chi connectivity index (χ2n) is 9.16. The summed E-state index contributed by atoms with van der Waals surface area (Å²) in [7, 11) is 0. The second kappa shape index (κ2) is 12.1. The molecule has 1 unspecified atom stereocenters. The van der Waals surface area contributed by atoms with E-state index >= 15 is 0 Å². The van der Waals surface area contributed by atoms with E-state index in [2.05, 4.69) is 64.6 Å². The largest absolute Gasteiger partial charge is 0.382 e. The summed E-state index contributed by atoms with van der Waals surface area (Å²) in [5.74, 6) is 0.808. The zero-order valence-corrected chi connectivity index (χ0v) is 21.5. The fourth-order valence-electron chi connectivity index (χ4n) is 4.39. The van der Waals surface area contributed by atoms with Crippen molar-refractivity contribution in [3.05, 3.63) is 144 Å². The lowest BCUT2D eigenvalue weighted by molar-refractivity contribution is 0.0162. The maximum absolute atomic E-state index is 12.1. The van der Waals surface area contributed by atoms with Crippen LogP contribution in [-0.2, 0) is 24.4 Å². The van der Waals surface area contributed by atoms with Crippen LogP contribution in [0.5, 0.6) is 0 Å². The molecule has 0 fully saturated rings. The van der Waals surface area contributed by atoms with Crippen molar-refractivity contribution in [3.8, 4) is 11.3 Å². The number of imidazole rings is 1. The highest BCUT2D eigenvalue weighted by molar-refractivity contribution is 7.98. The minimum Gasteiger partial charge on any atom is -0.382 e. The molecule has 5 heteroatoms. The fraction of sp³-hybridized carbons (Fsp3) is 0.156. The first-order valence-corrected chi connectivity index (χ1v) is 13.5. The van der Waals surface area contributed by atoms with Gasteiger partial charge in [-0.3, -0.25) is 0 Å². The molecule has 0 spiro atoms. The Balaban J connectivity index is 1.43. The highest BCUT2D eigenvalue weighted by Gasteiger charge is 2.31. The van der Waals surface area contributed by atoms with Gasteiger partial charge >= 0.3 is 0 Å². The number of rotatable bonds is 11. The lowest BCUT2D eigenvalue weighted by Gasteiger charge is -2.30. The molecule has 0 saturated carbocycles. The molecule has 4 nitrogen and oxygen atoms in total. The summed E-state index contributed by atoms with van der Waals surface area (Å²) >= 11 is 1.69. The van der Waals surface area contributed by atoms with Crippen LogP contribution in [0.3, 0.4) is 0 Å². The summed E-state index contributed by atoms with van der Waals surface area (Å²) in [6.07, 6.45) is 2.06. The number of hydrogen-bond acceptors (Lipinski definition) is 4. The topological polar surface area (TPSA) is 50.1 Å². The van der Waals surface area contributed by atoms with Gasteiger partial charge in [0.25, 0.3) is 0 Å². The molecule has 2 N–H and O–H groups in total. The average molecular weight is 506 g/mol. The SMILES string of the molecule is OC(CNCc1ccccc1)(Cn1cc(-c2ccccc2)nc1SCc1ccccc1)c1ccccc1. The number of hydrogen-bond donors (Lipinski definition) is 2. The van der Waals surface area contributed by atoms with Crippen LogP contribution in [0.2, 0.25) is 0 Å². The van der Waals surface area contributed by atoms with Gasteiger partial charge in [0.05, 0.1) is 12.2 Å². The van der Waals surface area contributed by atoms with Gasteiger partial charge in [0.2, 0.25) is 0 Å². The molecule has 0 amide bonds. The highest BCUT2D eigenvalue weighted by atomic mass is 32.2. The van der Waals surface area contributed by atoms with Gasteiger partial charge in [-0.2, -0.15) is 0 Å². The first kappa shape index (κ1) is 25.0. The predicted molar refractivity (Wildman–Crippen MR) is 152 cm³/mol. The van der Waals surface area contributed by atoms with Crippen LogP contribution in [0, 0.1) is 0 Å². The van der Waals surface area contributed by atoms with Crippen molar-refractivity contribution in [2.75, 3.05) is 6.54 Å². The molecule has 0 aliphatic carbocycles. The third kappa shape index (κ3) is 6.57. The van der Waals surface area contributed by atoms with Gasteiger partial charge in [0.1, 0.15) is 5.60 Å². The molecule has 186 valence electrons.